The van der Waals surface area contributed by atoms with Crippen molar-refractivity contribution in [2.45, 2.75) is 25.9 Å². The summed E-state index contributed by atoms with van der Waals surface area (Å²) in [5.74, 6) is 0.976. The average Bonchev–Trinajstić information content (AvgIpc) is 2.82. The second-order valence-electron chi connectivity index (χ2n) is 4.11. The number of nitrogens with zero attached hydrogens (tertiary/aromatic N) is 1. The summed E-state index contributed by atoms with van der Waals surface area (Å²) in [6, 6.07) is 8.75. The number of H-pyrrole nitrogens is 1. The van der Waals surface area contributed by atoms with Crippen molar-refractivity contribution < 1.29 is 0 Å². The molecule has 0 amide bonds. The summed E-state index contributed by atoms with van der Waals surface area (Å²) >= 11 is 3.57. The number of hydrogen-bond acceptors (Lipinski definition) is 2. The molecule has 1 aromatic heterocycles. The van der Waals surface area contributed by atoms with E-state index in [9.17, 15) is 0 Å². The molecular formula is C13H16BrN3. The first-order chi connectivity index (χ1) is 8.25. The van der Waals surface area contributed by atoms with Gasteiger partial charge in [0.2, 0.25) is 0 Å². The normalized spacial score (nSPS) is 12.6. The highest BCUT2D eigenvalue weighted by Gasteiger charge is 2.06. The van der Waals surface area contributed by atoms with Crippen molar-refractivity contribution in [3.8, 4) is 0 Å². The predicted octanol–water partition coefficient (Wildman–Crippen LogP) is 2.89. The summed E-state index contributed by atoms with van der Waals surface area (Å²) in [6.07, 6.45) is 4.62. The minimum Gasteiger partial charge on any atom is -0.348 e. The van der Waals surface area contributed by atoms with Gasteiger partial charge < -0.3 is 10.3 Å². The largest absolute Gasteiger partial charge is 0.348 e. The smallest absolute Gasteiger partial charge is 0.120 e. The van der Waals surface area contributed by atoms with Gasteiger partial charge in [-0.25, -0.2) is 4.98 Å². The van der Waals surface area contributed by atoms with Crippen LogP contribution in [0.25, 0.3) is 0 Å². The number of nitrogens with one attached hydrogen (secondary N) is 2. The molecule has 1 heterocycles. The van der Waals surface area contributed by atoms with Crippen LogP contribution in [0.4, 0.5) is 0 Å². The van der Waals surface area contributed by atoms with Crippen LogP contribution < -0.4 is 5.32 Å². The van der Waals surface area contributed by atoms with E-state index in [1.165, 1.54) is 10.0 Å². The zero-order chi connectivity index (χ0) is 12.1. The van der Waals surface area contributed by atoms with Crippen molar-refractivity contribution in [1.29, 1.82) is 0 Å². The molecule has 2 rings (SSSR count). The Kier molecular flexibility index (Phi) is 4.34. The first-order valence-corrected chi connectivity index (χ1v) is 6.50. The summed E-state index contributed by atoms with van der Waals surface area (Å²) in [4.78, 5) is 7.27. The average molecular weight is 294 g/mol. The van der Waals surface area contributed by atoms with Crippen LogP contribution in [-0.2, 0) is 13.0 Å². The predicted molar refractivity (Wildman–Crippen MR) is 72.7 cm³/mol. The molecule has 0 aliphatic rings. The molecule has 2 N–H and O–H groups in total. The van der Waals surface area contributed by atoms with Gasteiger partial charge in [-0.2, -0.15) is 0 Å². The third-order valence-electron chi connectivity index (χ3n) is 2.66. The van der Waals surface area contributed by atoms with Crippen molar-refractivity contribution in [2.75, 3.05) is 0 Å². The van der Waals surface area contributed by atoms with Crippen LogP contribution in [0.2, 0.25) is 0 Å². The quantitative estimate of drug-likeness (QED) is 0.890. The fourth-order valence-corrected chi connectivity index (χ4v) is 2.18. The summed E-state index contributed by atoms with van der Waals surface area (Å²) < 4.78 is 1.17. The molecule has 1 atom stereocenters. The highest BCUT2D eigenvalue weighted by atomic mass is 79.9. The molecule has 0 fully saturated rings. The molecule has 4 heteroatoms. The standard InChI is InChI=1S/C13H16BrN3/c1-10(17-9-13-15-6-7-16-13)8-11-4-2-3-5-12(11)14/h2-7,10,17H,8-9H2,1H3,(H,15,16)/t10-/m1/s1. The third kappa shape index (κ3) is 3.68. The molecule has 0 aliphatic heterocycles. The van der Waals surface area contributed by atoms with Crippen molar-refractivity contribution >= 4 is 15.9 Å². The van der Waals surface area contributed by atoms with E-state index >= 15 is 0 Å². The van der Waals surface area contributed by atoms with E-state index in [-0.39, 0.29) is 0 Å². The lowest BCUT2D eigenvalue weighted by Crippen LogP contribution is -2.28. The second-order valence-corrected chi connectivity index (χ2v) is 4.97. The van der Waals surface area contributed by atoms with Gasteiger partial charge in [-0.1, -0.05) is 34.1 Å². The van der Waals surface area contributed by atoms with E-state index < -0.39 is 0 Å². The highest BCUT2D eigenvalue weighted by molar-refractivity contribution is 9.10. The van der Waals surface area contributed by atoms with Crippen molar-refractivity contribution in [3.05, 3.63) is 52.5 Å². The zero-order valence-electron chi connectivity index (χ0n) is 9.78. The Hall–Kier alpha value is -1.13. The first kappa shape index (κ1) is 12.3. The Morgan fingerprint density at radius 1 is 1.41 bits per heavy atom. The number of benzene rings is 1. The minimum atomic E-state index is 0.416. The van der Waals surface area contributed by atoms with Crippen LogP contribution in [-0.4, -0.2) is 16.0 Å². The number of aromatic nitrogens is 2. The van der Waals surface area contributed by atoms with Gasteiger partial charge in [0.05, 0.1) is 6.54 Å². The molecule has 0 saturated heterocycles. The maximum absolute atomic E-state index is 4.19. The number of rotatable bonds is 5. The molecule has 3 nitrogen and oxygen atoms in total. The molecule has 1 aromatic carbocycles. The second kappa shape index (κ2) is 5.98. The minimum absolute atomic E-state index is 0.416. The maximum Gasteiger partial charge on any atom is 0.120 e. The van der Waals surface area contributed by atoms with Crippen LogP contribution in [0.5, 0.6) is 0 Å². The highest BCUT2D eigenvalue weighted by Crippen LogP contribution is 2.17. The Morgan fingerprint density at radius 3 is 2.94 bits per heavy atom. The van der Waals surface area contributed by atoms with Crippen LogP contribution in [0.15, 0.2) is 41.1 Å². The maximum atomic E-state index is 4.19. The molecule has 2 aromatic rings. The number of halogens is 1. The zero-order valence-corrected chi connectivity index (χ0v) is 11.4. The molecule has 17 heavy (non-hydrogen) atoms. The fraction of sp³-hybridized carbons (Fsp3) is 0.308. The molecule has 90 valence electrons. The van der Waals surface area contributed by atoms with Gasteiger partial charge in [0.1, 0.15) is 5.82 Å². The van der Waals surface area contributed by atoms with Crippen molar-refractivity contribution in [1.82, 2.24) is 15.3 Å². The Balaban J connectivity index is 1.85. The van der Waals surface area contributed by atoms with Gasteiger partial charge in [0.25, 0.3) is 0 Å². The lowest BCUT2D eigenvalue weighted by atomic mass is 10.1. The van der Waals surface area contributed by atoms with Gasteiger partial charge >= 0.3 is 0 Å². The lowest BCUT2D eigenvalue weighted by Gasteiger charge is -2.13. The number of hydrogen-bond donors (Lipinski definition) is 2. The summed E-state index contributed by atoms with van der Waals surface area (Å²) in [7, 11) is 0. The molecule has 0 aliphatic carbocycles. The molecule has 0 radical (unpaired) electrons. The molecule has 0 spiro atoms. The molecule has 0 bridgehead atoms. The van der Waals surface area contributed by atoms with Crippen LogP contribution >= 0.6 is 15.9 Å². The van der Waals surface area contributed by atoms with Gasteiger partial charge in [-0.05, 0) is 25.0 Å². The van der Waals surface area contributed by atoms with Crippen molar-refractivity contribution in [3.63, 3.8) is 0 Å². The van der Waals surface area contributed by atoms with E-state index in [4.69, 9.17) is 0 Å². The Morgan fingerprint density at radius 2 is 2.24 bits per heavy atom. The number of imidazole rings is 1. The topological polar surface area (TPSA) is 40.7 Å². The Labute approximate surface area is 110 Å². The van der Waals surface area contributed by atoms with E-state index in [1.54, 1.807) is 6.20 Å². The SMILES string of the molecule is C[C@H](Cc1ccccc1Br)NCc1ncc[nH]1. The van der Waals surface area contributed by atoms with Crippen LogP contribution in [0.1, 0.15) is 18.3 Å². The summed E-state index contributed by atoms with van der Waals surface area (Å²) in [6.45, 7) is 2.96. The molecule has 0 unspecified atom stereocenters. The molecule has 0 saturated carbocycles. The van der Waals surface area contributed by atoms with Gasteiger partial charge in [0, 0.05) is 22.9 Å². The van der Waals surface area contributed by atoms with Gasteiger partial charge in [0.15, 0.2) is 0 Å². The summed E-state index contributed by atoms with van der Waals surface area (Å²) in [5, 5.41) is 3.45. The van der Waals surface area contributed by atoms with Gasteiger partial charge in [-0.3, -0.25) is 0 Å². The lowest BCUT2D eigenvalue weighted by molar-refractivity contribution is 0.534. The number of aromatic amines is 1. The fourth-order valence-electron chi connectivity index (χ4n) is 1.73. The van der Waals surface area contributed by atoms with E-state index in [2.05, 4.69) is 56.3 Å². The summed E-state index contributed by atoms with van der Waals surface area (Å²) in [5.41, 5.74) is 1.33. The first-order valence-electron chi connectivity index (χ1n) is 5.71. The van der Waals surface area contributed by atoms with E-state index in [0.717, 1.165) is 18.8 Å². The van der Waals surface area contributed by atoms with Gasteiger partial charge in [-0.15, -0.1) is 0 Å². The monoisotopic (exact) mass is 293 g/mol. The van der Waals surface area contributed by atoms with E-state index in [0.29, 0.717) is 6.04 Å². The van der Waals surface area contributed by atoms with Crippen molar-refractivity contribution in [2.24, 2.45) is 0 Å². The van der Waals surface area contributed by atoms with E-state index in [1.807, 2.05) is 12.3 Å². The van der Waals surface area contributed by atoms with Crippen LogP contribution in [0, 0.1) is 0 Å². The molecular weight excluding hydrogens is 278 g/mol. The third-order valence-corrected chi connectivity index (χ3v) is 3.43. The Bertz CT molecular complexity index is 453. The van der Waals surface area contributed by atoms with Crippen LogP contribution in [0.3, 0.4) is 0 Å².